The van der Waals surface area contributed by atoms with Gasteiger partial charge in [-0.2, -0.15) is 0 Å². The minimum atomic E-state index is -0.721. The molecule has 0 aliphatic rings. The Kier molecular flexibility index (Phi) is 2.75. The lowest BCUT2D eigenvalue weighted by atomic mass is 10.0. The zero-order valence-corrected chi connectivity index (χ0v) is 7.31. The van der Waals surface area contributed by atoms with Crippen LogP contribution >= 0.6 is 0 Å². The molecule has 0 amide bonds. The molecule has 0 bridgehead atoms. The van der Waals surface area contributed by atoms with Crippen LogP contribution in [0.15, 0.2) is 18.2 Å². The van der Waals surface area contributed by atoms with Crippen molar-refractivity contribution in [2.24, 2.45) is 5.73 Å². The van der Waals surface area contributed by atoms with Gasteiger partial charge < -0.3 is 21.1 Å². The van der Waals surface area contributed by atoms with E-state index in [0.717, 1.165) is 0 Å². The first kappa shape index (κ1) is 9.83. The number of nitrogens with two attached hydrogens (primary N) is 1. The van der Waals surface area contributed by atoms with Gasteiger partial charge in [0.15, 0.2) is 0 Å². The third kappa shape index (κ3) is 2.34. The molecule has 0 radical (unpaired) electrons. The molecule has 0 saturated heterocycles. The van der Waals surface area contributed by atoms with E-state index in [4.69, 9.17) is 21.1 Å². The molecule has 0 spiro atoms. The molecule has 0 aliphatic heterocycles. The fourth-order valence-corrected chi connectivity index (χ4v) is 1.09. The van der Waals surface area contributed by atoms with Crippen molar-refractivity contribution in [3.8, 4) is 11.5 Å². The number of aliphatic hydroxyl groups is 1. The molecule has 0 unspecified atom stereocenters. The van der Waals surface area contributed by atoms with Gasteiger partial charge in [0.25, 0.3) is 0 Å². The highest BCUT2D eigenvalue weighted by molar-refractivity contribution is 5.38. The minimum Gasteiger partial charge on any atom is -0.508 e. The smallest absolute Gasteiger partial charge is 0.119 e. The molecule has 72 valence electrons. The number of rotatable bonds is 2. The topological polar surface area (TPSA) is 86.7 Å². The average molecular weight is 183 g/mol. The lowest BCUT2D eigenvalue weighted by Crippen LogP contribution is -2.22. The summed E-state index contributed by atoms with van der Waals surface area (Å²) in [6.45, 7) is 1.55. The summed E-state index contributed by atoms with van der Waals surface area (Å²) in [5, 5.41) is 27.4. The van der Waals surface area contributed by atoms with Gasteiger partial charge in [-0.05, 0) is 24.6 Å². The van der Waals surface area contributed by atoms with Crippen LogP contribution in [0.5, 0.6) is 11.5 Å². The Balaban J connectivity index is 3.01. The molecule has 0 aromatic heterocycles. The number of phenolic OH excluding ortho intramolecular Hbond substituents is 2. The fourth-order valence-electron chi connectivity index (χ4n) is 1.09. The Morgan fingerprint density at radius 1 is 1.15 bits per heavy atom. The predicted octanol–water partition coefficient (Wildman–Crippen LogP) is 0.478. The molecule has 0 heterocycles. The number of hydrogen-bond donors (Lipinski definition) is 4. The van der Waals surface area contributed by atoms with Crippen LogP contribution < -0.4 is 5.73 Å². The third-order valence-electron chi connectivity index (χ3n) is 1.83. The molecular formula is C9H13NO3. The first-order valence-electron chi connectivity index (χ1n) is 3.97. The molecule has 0 saturated carbocycles. The van der Waals surface area contributed by atoms with E-state index in [0.29, 0.717) is 5.56 Å². The lowest BCUT2D eigenvalue weighted by Gasteiger charge is -2.15. The quantitative estimate of drug-likeness (QED) is 0.537. The summed E-state index contributed by atoms with van der Waals surface area (Å²) in [5.74, 6) is -0.128. The van der Waals surface area contributed by atoms with Crippen LogP contribution in [-0.4, -0.2) is 21.4 Å². The fraction of sp³-hybridized carbons (Fsp3) is 0.333. The monoisotopic (exact) mass is 183 g/mol. The maximum absolute atomic E-state index is 9.17. The van der Waals surface area contributed by atoms with Crippen molar-refractivity contribution in [2.45, 2.75) is 19.1 Å². The summed E-state index contributed by atoms with van der Waals surface area (Å²) in [4.78, 5) is 0. The second-order valence-corrected chi connectivity index (χ2v) is 3.05. The van der Waals surface area contributed by atoms with Crippen molar-refractivity contribution in [2.75, 3.05) is 0 Å². The van der Waals surface area contributed by atoms with Crippen LogP contribution in [0.4, 0.5) is 0 Å². The Morgan fingerprint density at radius 3 is 2.00 bits per heavy atom. The standard InChI is InChI=1S/C9H13NO3/c1-5(11)9(10)6-2-7(12)4-8(13)3-6/h2-5,9,11-13H,10H2,1H3/t5-,9+/m0/s1. The van der Waals surface area contributed by atoms with E-state index in [-0.39, 0.29) is 11.5 Å². The van der Waals surface area contributed by atoms with Crippen LogP contribution in [-0.2, 0) is 0 Å². The van der Waals surface area contributed by atoms with Gasteiger partial charge in [-0.15, -0.1) is 0 Å². The molecule has 1 aromatic rings. The minimum absolute atomic E-state index is 0.0638. The Hall–Kier alpha value is -1.26. The largest absolute Gasteiger partial charge is 0.508 e. The first-order chi connectivity index (χ1) is 6.00. The van der Waals surface area contributed by atoms with Crippen LogP contribution in [0, 0.1) is 0 Å². The van der Waals surface area contributed by atoms with Crippen LogP contribution in [0.2, 0.25) is 0 Å². The van der Waals surface area contributed by atoms with Crippen molar-refractivity contribution >= 4 is 0 Å². The Labute approximate surface area is 76.2 Å². The van der Waals surface area contributed by atoms with Gasteiger partial charge in [-0.1, -0.05) is 0 Å². The molecule has 2 atom stereocenters. The van der Waals surface area contributed by atoms with E-state index in [2.05, 4.69) is 0 Å². The van der Waals surface area contributed by atoms with Gasteiger partial charge in [-0.3, -0.25) is 0 Å². The summed E-state index contributed by atoms with van der Waals surface area (Å²) in [6.07, 6.45) is -0.721. The summed E-state index contributed by atoms with van der Waals surface area (Å²) < 4.78 is 0. The second kappa shape index (κ2) is 3.64. The molecule has 13 heavy (non-hydrogen) atoms. The van der Waals surface area contributed by atoms with Crippen LogP contribution in [0.25, 0.3) is 0 Å². The molecule has 0 fully saturated rings. The summed E-state index contributed by atoms with van der Waals surface area (Å²) in [7, 11) is 0. The van der Waals surface area contributed by atoms with E-state index >= 15 is 0 Å². The van der Waals surface area contributed by atoms with E-state index < -0.39 is 12.1 Å². The van der Waals surface area contributed by atoms with Crippen molar-refractivity contribution in [1.29, 1.82) is 0 Å². The Bertz CT molecular complexity index is 279. The Morgan fingerprint density at radius 2 is 1.62 bits per heavy atom. The lowest BCUT2D eigenvalue weighted by molar-refractivity contribution is 0.164. The van der Waals surface area contributed by atoms with Gasteiger partial charge in [0.05, 0.1) is 12.1 Å². The summed E-state index contributed by atoms with van der Waals surface area (Å²) >= 11 is 0. The molecular weight excluding hydrogens is 170 g/mol. The predicted molar refractivity (Wildman–Crippen MR) is 48.4 cm³/mol. The van der Waals surface area contributed by atoms with Gasteiger partial charge in [0.2, 0.25) is 0 Å². The van der Waals surface area contributed by atoms with Gasteiger partial charge >= 0.3 is 0 Å². The highest BCUT2D eigenvalue weighted by Gasteiger charge is 2.13. The van der Waals surface area contributed by atoms with Crippen LogP contribution in [0.1, 0.15) is 18.5 Å². The zero-order chi connectivity index (χ0) is 10.0. The number of aromatic hydroxyl groups is 2. The molecule has 4 heteroatoms. The molecule has 1 rings (SSSR count). The van der Waals surface area contributed by atoms with Crippen molar-refractivity contribution in [3.05, 3.63) is 23.8 Å². The van der Waals surface area contributed by atoms with Gasteiger partial charge in [-0.25, -0.2) is 0 Å². The highest BCUT2D eigenvalue weighted by atomic mass is 16.3. The molecule has 4 nitrogen and oxygen atoms in total. The normalized spacial score (nSPS) is 15.3. The average Bonchev–Trinajstić information content (AvgIpc) is 2.01. The molecule has 1 aromatic carbocycles. The van der Waals surface area contributed by atoms with Crippen LogP contribution in [0.3, 0.4) is 0 Å². The summed E-state index contributed by atoms with van der Waals surface area (Å²) in [6, 6.07) is 3.44. The van der Waals surface area contributed by atoms with Crippen molar-refractivity contribution in [1.82, 2.24) is 0 Å². The maximum Gasteiger partial charge on any atom is 0.119 e. The van der Waals surface area contributed by atoms with Gasteiger partial charge in [0.1, 0.15) is 11.5 Å². The van der Waals surface area contributed by atoms with E-state index in [1.807, 2.05) is 0 Å². The van der Waals surface area contributed by atoms with E-state index in [1.54, 1.807) is 6.92 Å². The highest BCUT2D eigenvalue weighted by Crippen LogP contribution is 2.25. The van der Waals surface area contributed by atoms with Crippen molar-refractivity contribution < 1.29 is 15.3 Å². The number of phenols is 2. The molecule has 0 aliphatic carbocycles. The van der Waals surface area contributed by atoms with Gasteiger partial charge in [0, 0.05) is 6.07 Å². The number of benzene rings is 1. The van der Waals surface area contributed by atoms with Crippen molar-refractivity contribution in [3.63, 3.8) is 0 Å². The SMILES string of the molecule is C[C@H](O)[C@@H](N)c1cc(O)cc(O)c1. The first-order valence-corrected chi connectivity index (χ1v) is 3.97. The summed E-state index contributed by atoms with van der Waals surface area (Å²) in [5.41, 5.74) is 6.11. The zero-order valence-electron chi connectivity index (χ0n) is 7.31. The maximum atomic E-state index is 9.17. The molecule has 5 N–H and O–H groups in total. The number of aliphatic hydroxyl groups excluding tert-OH is 1. The van der Waals surface area contributed by atoms with E-state index in [1.165, 1.54) is 18.2 Å². The van der Waals surface area contributed by atoms with E-state index in [9.17, 15) is 0 Å². The number of hydrogen-bond acceptors (Lipinski definition) is 4. The third-order valence-corrected chi connectivity index (χ3v) is 1.83. The second-order valence-electron chi connectivity index (χ2n) is 3.05.